The topological polar surface area (TPSA) is 440 Å². The SMILES string of the molecule is NC[C@@H]1O[C@H](O[C@H]2[C@@H](O)[C@H](O[C@@H]3[C@@H](O)[C@H](N)C[C@H](N)[C@H]3O[C@H]3O[C@H](CN)[C@@H](O)[C@H](O)[C@H]3N)O[C@@H]2CO)[C@H](N)[C@@H](O)[C@@H]1O.O=C(O)[C@H]1/C(=C/CO)O[C@@H]2CC(=O)N21. The van der Waals surface area contributed by atoms with Crippen LogP contribution in [0.1, 0.15) is 12.8 Å². The van der Waals surface area contributed by atoms with Crippen molar-refractivity contribution in [1.82, 2.24) is 4.90 Å². The molecule has 5 aliphatic heterocycles. The van der Waals surface area contributed by atoms with E-state index in [1.54, 1.807) is 0 Å². The van der Waals surface area contributed by atoms with Crippen LogP contribution in [-0.2, 0) is 42.7 Å². The van der Waals surface area contributed by atoms with E-state index in [4.69, 9.17) is 77.8 Å². The number of carboxylic acids is 1. The molecule has 5 saturated heterocycles. The van der Waals surface area contributed by atoms with Crippen LogP contribution in [0.25, 0.3) is 0 Å². The van der Waals surface area contributed by atoms with Gasteiger partial charge >= 0.3 is 5.97 Å². The number of amides is 1. The monoisotopic (exact) mass is 813 g/mol. The van der Waals surface area contributed by atoms with E-state index in [-0.39, 0.29) is 44.2 Å². The highest BCUT2D eigenvalue weighted by molar-refractivity contribution is 5.91. The van der Waals surface area contributed by atoms with E-state index in [0.29, 0.717) is 0 Å². The maximum Gasteiger partial charge on any atom is 0.334 e. The van der Waals surface area contributed by atoms with E-state index in [1.807, 2.05) is 0 Å². The molecule has 6 aliphatic rings. The van der Waals surface area contributed by atoms with Gasteiger partial charge in [0.2, 0.25) is 5.91 Å². The van der Waals surface area contributed by atoms with Gasteiger partial charge in [0.15, 0.2) is 31.1 Å². The largest absolute Gasteiger partial charge is 0.479 e. The number of nitrogens with zero attached hydrogens (tertiary/aromatic N) is 1. The number of hydrogen-bond donors (Lipinski definition) is 15. The first kappa shape index (κ1) is 44.8. The molecular formula is C31H55N7O18. The van der Waals surface area contributed by atoms with Crippen LogP contribution in [0.3, 0.4) is 0 Å². The summed E-state index contributed by atoms with van der Waals surface area (Å²) in [5.74, 6) is -1.22. The van der Waals surface area contributed by atoms with Gasteiger partial charge in [0.1, 0.15) is 72.9 Å². The number of rotatable bonds is 11. The molecule has 25 heteroatoms. The first-order valence-electron chi connectivity index (χ1n) is 18.0. The Kier molecular flexibility index (Phi) is 15.0. The number of hydrogen-bond acceptors (Lipinski definition) is 23. The number of carboxylic acid groups (broad SMARTS) is 1. The summed E-state index contributed by atoms with van der Waals surface area (Å²) in [6.45, 7) is -1.26. The summed E-state index contributed by atoms with van der Waals surface area (Å²) in [5, 5.41) is 90.5. The van der Waals surface area contributed by atoms with Crippen molar-refractivity contribution in [1.29, 1.82) is 0 Å². The molecule has 0 unspecified atom stereocenters. The minimum Gasteiger partial charge on any atom is -0.479 e. The second kappa shape index (κ2) is 18.7. The van der Waals surface area contributed by atoms with Crippen molar-refractivity contribution in [2.75, 3.05) is 26.3 Å². The Morgan fingerprint density at radius 1 is 0.714 bits per heavy atom. The molecule has 6 rings (SSSR count). The molecule has 56 heavy (non-hydrogen) atoms. The minimum atomic E-state index is -1.60. The van der Waals surface area contributed by atoms with Crippen molar-refractivity contribution in [2.45, 2.75) is 141 Å². The van der Waals surface area contributed by atoms with E-state index in [9.17, 15) is 45.3 Å². The fourth-order valence-corrected chi connectivity index (χ4v) is 7.40. The van der Waals surface area contributed by atoms with Gasteiger partial charge in [0.25, 0.3) is 0 Å². The molecule has 0 aromatic heterocycles. The lowest BCUT2D eigenvalue weighted by Crippen LogP contribution is -2.68. The third-order valence-corrected chi connectivity index (χ3v) is 10.7. The lowest BCUT2D eigenvalue weighted by atomic mass is 9.84. The summed E-state index contributed by atoms with van der Waals surface area (Å²) >= 11 is 0. The van der Waals surface area contributed by atoms with Crippen LogP contribution in [0.4, 0.5) is 0 Å². The Bertz CT molecular complexity index is 1370. The van der Waals surface area contributed by atoms with Crippen LogP contribution >= 0.6 is 0 Å². The van der Waals surface area contributed by atoms with E-state index < -0.39 is 141 Å². The molecule has 0 aromatic rings. The van der Waals surface area contributed by atoms with E-state index in [2.05, 4.69) is 0 Å². The smallest absolute Gasteiger partial charge is 0.334 e. The van der Waals surface area contributed by atoms with Gasteiger partial charge in [-0.1, -0.05) is 0 Å². The van der Waals surface area contributed by atoms with Crippen LogP contribution in [0.5, 0.6) is 0 Å². The third kappa shape index (κ3) is 8.82. The highest BCUT2D eigenvalue weighted by Gasteiger charge is 2.55. The number of nitrogens with two attached hydrogens (primary N) is 6. The zero-order valence-electron chi connectivity index (χ0n) is 30.1. The van der Waals surface area contributed by atoms with Crippen LogP contribution in [0, 0.1) is 0 Å². The number of carbonyl (C=O) groups excluding carboxylic acids is 1. The number of aliphatic hydroxyl groups excluding tert-OH is 8. The summed E-state index contributed by atoms with van der Waals surface area (Å²) in [4.78, 5) is 23.1. The van der Waals surface area contributed by atoms with Gasteiger partial charge in [-0.05, 0) is 12.5 Å². The molecule has 5 heterocycles. The van der Waals surface area contributed by atoms with Crippen LogP contribution < -0.4 is 34.4 Å². The van der Waals surface area contributed by atoms with Crippen LogP contribution in [0.15, 0.2) is 11.8 Å². The van der Waals surface area contributed by atoms with Gasteiger partial charge in [0, 0.05) is 25.2 Å². The molecule has 21 atom stereocenters. The second-order valence-corrected chi connectivity index (χ2v) is 14.4. The Hall–Kier alpha value is -2.32. The maximum absolute atomic E-state index is 11.1. The van der Waals surface area contributed by atoms with Gasteiger partial charge in [-0.15, -0.1) is 0 Å². The molecule has 21 N–H and O–H groups in total. The van der Waals surface area contributed by atoms with Gasteiger partial charge in [-0.2, -0.15) is 0 Å². The Labute approximate surface area is 319 Å². The molecule has 25 nitrogen and oxygen atoms in total. The summed E-state index contributed by atoms with van der Waals surface area (Å²) in [6, 6.07) is -5.25. The number of fused-ring (bicyclic) bond motifs is 1. The second-order valence-electron chi connectivity index (χ2n) is 14.4. The first-order chi connectivity index (χ1) is 26.5. The highest BCUT2D eigenvalue weighted by atomic mass is 16.8. The number of ether oxygens (including phenoxy) is 7. The van der Waals surface area contributed by atoms with Crippen molar-refractivity contribution < 1.29 is 88.7 Å². The average molecular weight is 814 g/mol. The van der Waals surface area contributed by atoms with Crippen molar-refractivity contribution >= 4 is 11.9 Å². The third-order valence-electron chi connectivity index (χ3n) is 10.7. The quantitative estimate of drug-likeness (QED) is 0.0861. The summed E-state index contributed by atoms with van der Waals surface area (Å²) < 4.78 is 39.8. The lowest BCUT2D eigenvalue weighted by Gasteiger charge is -2.47. The Morgan fingerprint density at radius 3 is 1.71 bits per heavy atom. The highest BCUT2D eigenvalue weighted by Crippen LogP contribution is 2.37. The molecular weight excluding hydrogens is 758 g/mol. The summed E-state index contributed by atoms with van der Waals surface area (Å²) in [6.07, 6.45) is -18.8. The van der Waals surface area contributed by atoms with Gasteiger partial charge < -0.3 is 114 Å². The van der Waals surface area contributed by atoms with Crippen molar-refractivity contribution in [2.24, 2.45) is 34.4 Å². The molecule has 0 aromatic carbocycles. The predicted octanol–water partition coefficient (Wildman–Crippen LogP) is -9.99. The van der Waals surface area contributed by atoms with Gasteiger partial charge in [0.05, 0.1) is 37.8 Å². The first-order valence-corrected chi connectivity index (χ1v) is 18.0. The fraction of sp³-hybridized carbons (Fsp3) is 0.871. The zero-order chi connectivity index (χ0) is 41.3. The zero-order valence-corrected chi connectivity index (χ0v) is 30.1. The molecule has 1 amide bonds. The Balaban J connectivity index is 0.000000357. The normalized spacial score (nSPS) is 48.5. The number of aliphatic hydroxyl groups is 8. The predicted molar refractivity (Wildman–Crippen MR) is 181 cm³/mol. The summed E-state index contributed by atoms with van der Waals surface area (Å²) in [5.41, 5.74) is 35.6. The number of β-lactam (4-membered cyclic amide) rings is 1. The fourth-order valence-electron chi connectivity index (χ4n) is 7.40. The molecule has 0 radical (unpaired) electrons. The van der Waals surface area contributed by atoms with E-state index in [0.717, 1.165) is 0 Å². The van der Waals surface area contributed by atoms with Gasteiger partial charge in [-0.25, -0.2) is 4.79 Å². The summed E-state index contributed by atoms with van der Waals surface area (Å²) in [7, 11) is 0. The number of carbonyl (C=O) groups is 2. The maximum atomic E-state index is 11.1. The molecule has 1 aliphatic carbocycles. The molecule has 0 spiro atoms. The van der Waals surface area contributed by atoms with E-state index in [1.165, 1.54) is 11.0 Å². The van der Waals surface area contributed by atoms with Crippen molar-refractivity contribution in [3.05, 3.63) is 11.8 Å². The van der Waals surface area contributed by atoms with Crippen molar-refractivity contribution in [3.8, 4) is 0 Å². The van der Waals surface area contributed by atoms with E-state index >= 15 is 0 Å². The average Bonchev–Trinajstić information content (AvgIpc) is 3.63. The molecule has 0 bridgehead atoms. The minimum absolute atomic E-state index is 0.0889. The van der Waals surface area contributed by atoms with Crippen molar-refractivity contribution in [3.63, 3.8) is 0 Å². The van der Waals surface area contributed by atoms with Crippen LogP contribution in [0.2, 0.25) is 0 Å². The lowest BCUT2D eigenvalue weighted by molar-refractivity contribution is -0.306. The van der Waals surface area contributed by atoms with Gasteiger partial charge in [-0.3, -0.25) is 9.69 Å². The Morgan fingerprint density at radius 2 is 1.23 bits per heavy atom. The molecule has 1 saturated carbocycles. The molecule has 322 valence electrons. The molecule has 6 fully saturated rings. The van der Waals surface area contributed by atoms with Crippen LogP contribution in [-0.4, -0.2) is 218 Å². The standard InChI is InChI=1S/C23H46N6O13.C8H9NO5/c24-2-7-13(32)15(34)10(28)21(37-7)40-18-6(27)1-5(26)12(31)20(18)42-23-17(36)19(9(4-30)39-23)41-22-11(29)16(35)14(33)8(3-25)38-22;10-2-1-4-7(8(12)13)9-5(11)3-6(9)14-4/h5-23,30-36H,1-4,24-29H2;1,6-7,10H,2-3H2,(H,12,13)/b;4-1-/t5-,6+,7-,8+,9-,10-,11-,12+,13-,14-,15-,16-,17-,18-,19-,20-,21-,22-,23+;6-,7-/m11/s1. The number of aliphatic carboxylic acids is 1.